The first-order valence-electron chi connectivity index (χ1n) is 6.01. The molecule has 1 atom stereocenters. The van der Waals surface area contributed by atoms with Crippen LogP contribution in [0.4, 0.5) is 4.79 Å². The Balaban J connectivity index is 2.01. The molecule has 0 aromatic rings. The Hall–Kier alpha value is -0.770. The molecule has 0 aromatic heterocycles. The number of nitrogens with zero attached hydrogens (tertiary/aromatic N) is 1. The molecule has 1 saturated heterocycles. The second kappa shape index (κ2) is 3.62. The van der Waals surface area contributed by atoms with Crippen LogP contribution in [-0.4, -0.2) is 39.9 Å². The number of carbonyl (C=O) groups excluding carboxylic acids is 1. The largest absolute Gasteiger partial charge is 0.444 e. The molecule has 1 aliphatic heterocycles. The molecule has 16 heavy (non-hydrogen) atoms. The van der Waals surface area contributed by atoms with Gasteiger partial charge in [-0.05, 0) is 46.5 Å². The second-order valence-corrected chi connectivity index (χ2v) is 6.00. The minimum Gasteiger partial charge on any atom is -0.444 e. The van der Waals surface area contributed by atoms with Crippen LogP contribution >= 0.6 is 0 Å². The van der Waals surface area contributed by atoms with Gasteiger partial charge in [0.1, 0.15) is 5.60 Å². The van der Waals surface area contributed by atoms with Gasteiger partial charge >= 0.3 is 6.09 Å². The molecule has 2 rings (SSSR count). The maximum Gasteiger partial charge on any atom is 0.410 e. The predicted molar refractivity (Wildman–Crippen MR) is 60.1 cm³/mol. The maximum atomic E-state index is 12.0. The summed E-state index contributed by atoms with van der Waals surface area (Å²) < 4.78 is 5.39. The van der Waals surface area contributed by atoms with Crippen LogP contribution in [0.1, 0.15) is 46.5 Å². The lowest BCUT2D eigenvalue weighted by atomic mass is 9.98. The van der Waals surface area contributed by atoms with E-state index in [0.717, 1.165) is 12.8 Å². The maximum absolute atomic E-state index is 12.0. The molecule has 0 aromatic carbocycles. The average Bonchev–Trinajstić information content (AvgIpc) is 2.81. The van der Waals surface area contributed by atoms with E-state index in [1.54, 1.807) is 0 Å². The van der Waals surface area contributed by atoms with Crippen LogP contribution in [0.2, 0.25) is 0 Å². The van der Waals surface area contributed by atoms with Gasteiger partial charge in [0.2, 0.25) is 0 Å². The average molecular weight is 227 g/mol. The molecule has 0 bridgehead atoms. The Morgan fingerprint density at radius 2 is 2.06 bits per heavy atom. The Morgan fingerprint density at radius 3 is 2.56 bits per heavy atom. The highest BCUT2D eigenvalue weighted by molar-refractivity contribution is 5.70. The second-order valence-electron chi connectivity index (χ2n) is 6.00. The zero-order chi connectivity index (χ0) is 12.0. The first-order chi connectivity index (χ1) is 7.32. The number of rotatable bonds is 0. The molecule has 92 valence electrons. The van der Waals surface area contributed by atoms with Crippen molar-refractivity contribution in [3.05, 3.63) is 0 Å². The van der Waals surface area contributed by atoms with Crippen LogP contribution in [0, 0.1) is 0 Å². The molecule has 1 amide bonds. The van der Waals surface area contributed by atoms with Crippen molar-refractivity contribution >= 4 is 6.09 Å². The Morgan fingerprint density at radius 1 is 1.44 bits per heavy atom. The van der Waals surface area contributed by atoms with E-state index in [4.69, 9.17) is 4.74 Å². The number of ether oxygens (including phenoxy) is 1. The summed E-state index contributed by atoms with van der Waals surface area (Å²) in [6.45, 7) is 6.26. The molecule has 1 N–H and O–H groups in total. The molecule has 2 aliphatic rings. The lowest BCUT2D eigenvalue weighted by Gasteiger charge is -2.39. The first kappa shape index (κ1) is 11.7. The van der Waals surface area contributed by atoms with Gasteiger partial charge in [-0.3, -0.25) is 0 Å². The minimum atomic E-state index is -0.441. The van der Waals surface area contributed by atoms with Crippen LogP contribution in [-0.2, 0) is 4.74 Å². The van der Waals surface area contributed by atoms with Gasteiger partial charge in [0.05, 0.1) is 6.10 Å². The highest BCUT2D eigenvalue weighted by Crippen LogP contribution is 2.48. The van der Waals surface area contributed by atoms with Crippen molar-refractivity contribution in [3.8, 4) is 0 Å². The molecule has 1 spiro atoms. The summed E-state index contributed by atoms with van der Waals surface area (Å²) in [6, 6.07) is 0. The summed E-state index contributed by atoms with van der Waals surface area (Å²) in [5.74, 6) is 0. The van der Waals surface area contributed by atoms with Gasteiger partial charge in [0.15, 0.2) is 0 Å². The summed E-state index contributed by atoms with van der Waals surface area (Å²) in [6.07, 6.45) is 2.91. The number of likely N-dealkylation sites (tertiary alicyclic amines) is 1. The molecular weight excluding hydrogens is 206 g/mol. The first-order valence-corrected chi connectivity index (χ1v) is 6.01. The van der Waals surface area contributed by atoms with Crippen molar-refractivity contribution in [2.45, 2.75) is 63.7 Å². The normalized spacial score (nSPS) is 28.0. The quantitative estimate of drug-likeness (QED) is 0.687. The number of amides is 1. The lowest BCUT2D eigenvalue weighted by Crippen LogP contribution is -2.50. The molecule has 1 aliphatic carbocycles. The SMILES string of the molecule is CC(C)(C)OC(=O)N1CC[C@H](O)CC12CC2. The van der Waals surface area contributed by atoms with E-state index in [0.29, 0.717) is 19.4 Å². The van der Waals surface area contributed by atoms with Crippen molar-refractivity contribution < 1.29 is 14.6 Å². The zero-order valence-corrected chi connectivity index (χ0v) is 10.3. The number of piperidine rings is 1. The van der Waals surface area contributed by atoms with E-state index in [9.17, 15) is 9.90 Å². The zero-order valence-electron chi connectivity index (χ0n) is 10.3. The van der Waals surface area contributed by atoms with E-state index in [1.807, 2.05) is 25.7 Å². The molecular formula is C12H21NO3. The fourth-order valence-electron chi connectivity index (χ4n) is 2.39. The van der Waals surface area contributed by atoms with Crippen molar-refractivity contribution in [1.82, 2.24) is 4.90 Å². The minimum absolute atomic E-state index is 0.0833. The third-order valence-corrected chi connectivity index (χ3v) is 3.32. The van der Waals surface area contributed by atoms with Gasteiger partial charge in [-0.2, -0.15) is 0 Å². The number of aliphatic hydroxyl groups excluding tert-OH is 1. The summed E-state index contributed by atoms with van der Waals surface area (Å²) in [5, 5.41) is 9.64. The molecule has 4 nitrogen and oxygen atoms in total. The molecule has 1 heterocycles. The number of aliphatic hydroxyl groups is 1. The number of hydrogen-bond acceptors (Lipinski definition) is 3. The Bertz CT molecular complexity index is 291. The van der Waals surface area contributed by atoms with Crippen LogP contribution in [0.15, 0.2) is 0 Å². The Kier molecular flexibility index (Phi) is 2.65. The number of carbonyl (C=O) groups is 1. The topological polar surface area (TPSA) is 49.8 Å². The fourth-order valence-corrected chi connectivity index (χ4v) is 2.39. The van der Waals surface area contributed by atoms with Gasteiger partial charge in [0.25, 0.3) is 0 Å². The van der Waals surface area contributed by atoms with Crippen LogP contribution < -0.4 is 0 Å². The van der Waals surface area contributed by atoms with E-state index in [-0.39, 0.29) is 17.7 Å². The van der Waals surface area contributed by atoms with Gasteiger partial charge in [-0.15, -0.1) is 0 Å². The summed E-state index contributed by atoms with van der Waals surface area (Å²) in [4.78, 5) is 13.8. The van der Waals surface area contributed by atoms with Crippen LogP contribution in [0.25, 0.3) is 0 Å². The van der Waals surface area contributed by atoms with Crippen molar-refractivity contribution in [1.29, 1.82) is 0 Å². The van der Waals surface area contributed by atoms with Crippen LogP contribution in [0.3, 0.4) is 0 Å². The number of hydrogen-bond donors (Lipinski definition) is 1. The fraction of sp³-hybridized carbons (Fsp3) is 0.917. The summed E-state index contributed by atoms with van der Waals surface area (Å²) in [7, 11) is 0. The van der Waals surface area contributed by atoms with Crippen molar-refractivity contribution in [3.63, 3.8) is 0 Å². The van der Waals surface area contributed by atoms with Gasteiger partial charge < -0.3 is 14.7 Å². The molecule has 1 saturated carbocycles. The lowest BCUT2D eigenvalue weighted by molar-refractivity contribution is -0.0139. The molecule has 2 fully saturated rings. The smallest absolute Gasteiger partial charge is 0.410 e. The summed E-state index contributed by atoms with van der Waals surface area (Å²) in [5.41, 5.74) is -0.525. The molecule has 0 radical (unpaired) electrons. The van der Waals surface area contributed by atoms with Gasteiger partial charge in [-0.1, -0.05) is 0 Å². The molecule has 0 unspecified atom stereocenters. The van der Waals surface area contributed by atoms with Crippen LogP contribution in [0.5, 0.6) is 0 Å². The third kappa shape index (κ3) is 2.32. The van der Waals surface area contributed by atoms with Gasteiger partial charge in [0, 0.05) is 12.1 Å². The van der Waals surface area contributed by atoms with E-state index >= 15 is 0 Å². The predicted octanol–water partition coefficient (Wildman–Crippen LogP) is 1.91. The monoisotopic (exact) mass is 227 g/mol. The van der Waals surface area contributed by atoms with Crippen molar-refractivity contribution in [2.75, 3.05) is 6.54 Å². The standard InChI is InChI=1S/C12H21NO3/c1-11(2,3)16-10(15)13-7-4-9(14)8-12(13)5-6-12/h9,14H,4-8H2,1-3H3/t9-/m0/s1. The van der Waals surface area contributed by atoms with E-state index in [2.05, 4.69) is 0 Å². The summed E-state index contributed by atoms with van der Waals surface area (Å²) >= 11 is 0. The van der Waals surface area contributed by atoms with Crippen molar-refractivity contribution in [2.24, 2.45) is 0 Å². The Labute approximate surface area is 96.6 Å². The molecule has 4 heteroatoms. The highest BCUT2D eigenvalue weighted by Gasteiger charge is 2.54. The third-order valence-electron chi connectivity index (χ3n) is 3.32. The highest BCUT2D eigenvalue weighted by atomic mass is 16.6. The van der Waals surface area contributed by atoms with E-state index in [1.165, 1.54) is 0 Å². The van der Waals surface area contributed by atoms with E-state index < -0.39 is 5.60 Å². The van der Waals surface area contributed by atoms with Gasteiger partial charge in [-0.25, -0.2) is 4.79 Å².